The molecule has 2 rings (SSSR count). The van der Waals surface area contributed by atoms with Crippen molar-refractivity contribution in [3.05, 3.63) is 11.1 Å². The summed E-state index contributed by atoms with van der Waals surface area (Å²) in [5, 5.41) is 3.99. The Balaban J connectivity index is 1.82. The number of ether oxygens (including phenoxy) is 2. The Morgan fingerprint density at radius 2 is 2.65 bits per heavy atom. The largest absolute Gasteiger partial charge is 0.465 e. The molecule has 17 heavy (non-hydrogen) atoms. The van der Waals surface area contributed by atoms with Crippen LogP contribution in [0.25, 0.3) is 0 Å². The number of anilines is 1. The van der Waals surface area contributed by atoms with Gasteiger partial charge in [-0.1, -0.05) is 11.3 Å². The Hall–Kier alpha value is -1.14. The van der Waals surface area contributed by atoms with Gasteiger partial charge in [0.1, 0.15) is 4.88 Å². The summed E-state index contributed by atoms with van der Waals surface area (Å²) in [6.45, 7) is 2.52. The highest BCUT2D eigenvalue weighted by molar-refractivity contribution is 7.17. The predicted octanol–water partition coefficient (Wildman–Crippen LogP) is 1.77. The van der Waals surface area contributed by atoms with E-state index in [1.807, 2.05) is 0 Å². The summed E-state index contributed by atoms with van der Waals surface area (Å²) >= 11 is 1.32. The number of thiazole rings is 1. The minimum atomic E-state index is -0.337. The van der Waals surface area contributed by atoms with E-state index in [1.165, 1.54) is 31.1 Å². The van der Waals surface area contributed by atoms with Crippen LogP contribution >= 0.6 is 11.3 Å². The van der Waals surface area contributed by atoms with E-state index in [2.05, 4.69) is 15.0 Å². The molecule has 1 aromatic heterocycles. The second-order valence-corrected chi connectivity index (χ2v) is 5.02. The molecule has 0 radical (unpaired) electrons. The highest BCUT2D eigenvalue weighted by Gasteiger charge is 2.15. The molecular formula is C11H16N2O3S. The standard InChI is InChI=1S/C11H16N2O3S/c1-15-10(14)9-6-13-11(17-9)12-5-8-3-2-4-16-7-8/h6,8H,2-5,7H2,1H3,(H,12,13). The minimum absolute atomic E-state index is 0.337. The smallest absolute Gasteiger partial charge is 0.349 e. The van der Waals surface area contributed by atoms with Crippen LogP contribution in [0.1, 0.15) is 22.5 Å². The van der Waals surface area contributed by atoms with E-state index >= 15 is 0 Å². The Labute approximate surface area is 104 Å². The molecule has 6 heteroatoms. The molecule has 1 saturated heterocycles. The van der Waals surface area contributed by atoms with Gasteiger partial charge in [0.05, 0.1) is 19.9 Å². The molecule has 94 valence electrons. The van der Waals surface area contributed by atoms with Crippen LogP contribution in [0.2, 0.25) is 0 Å². The number of carbonyl (C=O) groups is 1. The van der Waals surface area contributed by atoms with Crippen LogP contribution in [0.3, 0.4) is 0 Å². The zero-order valence-electron chi connectivity index (χ0n) is 9.77. The quantitative estimate of drug-likeness (QED) is 0.832. The maximum atomic E-state index is 11.2. The molecule has 0 aromatic carbocycles. The summed E-state index contributed by atoms with van der Waals surface area (Å²) in [5.74, 6) is 0.200. The normalized spacial score (nSPS) is 19.9. The third-order valence-corrected chi connectivity index (χ3v) is 3.62. The van der Waals surface area contributed by atoms with E-state index < -0.39 is 0 Å². The molecule has 1 fully saturated rings. The van der Waals surface area contributed by atoms with E-state index in [4.69, 9.17) is 4.74 Å². The first-order valence-corrected chi connectivity index (χ1v) is 6.47. The van der Waals surface area contributed by atoms with Gasteiger partial charge in [0.25, 0.3) is 0 Å². The van der Waals surface area contributed by atoms with Crippen molar-refractivity contribution in [3.8, 4) is 0 Å². The Bertz CT molecular complexity index is 375. The van der Waals surface area contributed by atoms with Crippen LogP contribution < -0.4 is 5.32 Å². The summed E-state index contributed by atoms with van der Waals surface area (Å²) in [6.07, 6.45) is 3.84. The molecule has 0 amide bonds. The molecule has 0 bridgehead atoms. The Morgan fingerprint density at radius 3 is 3.35 bits per heavy atom. The zero-order valence-corrected chi connectivity index (χ0v) is 10.6. The lowest BCUT2D eigenvalue weighted by molar-refractivity contribution is 0.0594. The molecule has 1 atom stereocenters. The molecule has 0 saturated carbocycles. The maximum absolute atomic E-state index is 11.2. The van der Waals surface area contributed by atoms with E-state index in [0.717, 1.165) is 31.3 Å². The lowest BCUT2D eigenvalue weighted by Crippen LogP contribution is -2.24. The van der Waals surface area contributed by atoms with Crippen molar-refractivity contribution < 1.29 is 14.3 Å². The average molecular weight is 256 g/mol. The third kappa shape index (κ3) is 3.41. The summed E-state index contributed by atoms with van der Waals surface area (Å²) in [5.41, 5.74) is 0. The van der Waals surface area contributed by atoms with Crippen molar-refractivity contribution in [2.75, 3.05) is 32.2 Å². The van der Waals surface area contributed by atoms with Crippen LogP contribution in [-0.4, -0.2) is 37.8 Å². The molecule has 2 heterocycles. The van der Waals surface area contributed by atoms with Crippen molar-refractivity contribution in [1.29, 1.82) is 0 Å². The van der Waals surface area contributed by atoms with Gasteiger partial charge in [-0.15, -0.1) is 0 Å². The van der Waals surface area contributed by atoms with Crippen molar-refractivity contribution in [1.82, 2.24) is 4.98 Å². The first-order valence-electron chi connectivity index (χ1n) is 5.65. The Morgan fingerprint density at radius 1 is 1.76 bits per heavy atom. The molecule has 1 unspecified atom stereocenters. The lowest BCUT2D eigenvalue weighted by Gasteiger charge is -2.21. The third-order valence-electron chi connectivity index (χ3n) is 2.69. The molecular weight excluding hydrogens is 240 g/mol. The molecule has 1 N–H and O–H groups in total. The van der Waals surface area contributed by atoms with Gasteiger partial charge < -0.3 is 14.8 Å². The topological polar surface area (TPSA) is 60.5 Å². The highest BCUT2D eigenvalue weighted by Crippen LogP contribution is 2.20. The van der Waals surface area contributed by atoms with Gasteiger partial charge in [0.15, 0.2) is 5.13 Å². The first-order chi connectivity index (χ1) is 8.29. The van der Waals surface area contributed by atoms with Gasteiger partial charge in [0.2, 0.25) is 0 Å². The second-order valence-electron chi connectivity index (χ2n) is 3.99. The van der Waals surface area contributed by atoms with E-state index in [1.54, 1.807) is 0 Å². The predicted molar refractivity (Wildman–Crippen MR) is 65.5 cm³/mol. The molecule has 1 aromatic rings. The van der Waals surface area contributed by atoms with Crippen molar-refractivity contribution in [2.24, 2.45) is 5.92 Å². The average Bonchev–Trinajstić information content (AvgIpc) is 2.85. The number of rotatable bonds is 4. The van der Waals surface area contributed by atoms with Gasteiger partial charge >= 0.3 is 5.97 Å². The number of nitrogens with one attached hydrogen (secondary N) is 1. The number of methoxy groups -OCH3 is 1. The number of hydrogen-bond donors (Lipinski definition) is 1. The fraction of sp³-hybridized carbons (Fsp3) is 0.636. The number of carbonyl (C=O) groups excluding carboxylic acids is 1. The summed E-state index contributed by atoms with van der Waals surface area (Å²) < 4.78 is 10.0. The fourth-order valence-electron chi connectivity index (χ4n) is 1.75. The number of nitrogens with zero attached hydrogens (tertiary/aromatic N) is 1. The van der Waals surface area contributed by atoms with E-state index in [9.17, 15) is 4.79 Å². The van der Waals surface area contributed by atoms with Gasteiger partial charge in [-0.05, 0) is 18.8 Å². The highest BCUT2D eigenvalue weighted by atomic mass is 32.1. The molecule has 5 nitrogen and oxygen atoms in total. The van der Waals surface area contributed by atoms with Crippen LogP contribution in [0.5, 0.6) is 0 Å². The van der Waals surface area contributed by atoms with Gasteiger partial charge in [-0.3, -0.25) is 0 Å². The maximum Gasteiger partial charge on any atom is 0.349 e. The van der Waals surface area contributed by atoms with Crippen molar-refractivity contribution in [3.63, 3.8) is 0 Å². The SMILES string of the molecule is COC(=O)c1cnc(NCC2CCCOC2)s1. The van der Waals surface area contributed by atoms with Crippen LogP contribution in [0.4, 0.5) is 5.13 Å². The summed E-state index contributed by atoms with van der Waals surface area (Å²) in [4.78, 5) is 15.9. The van der Waals surface area contributed by atoms with E-state index in [-0.39, 0.29) is 5.97 Å². The molecule has 1 aliphatic heterocycles. The van der Waals surface area contributed by atoms with Crippen LogP contribution in [-0.2, 0) is 9.47 Å². The number of hydrogen-bond acceptors (Lipinski definition) is 6. The lowest BCUT2D eigenvalue weighted by atomic mass is 10.0. The minimum Gasteiger partial charge on any atom is -0.465 e. The zero-order chi connectivity index (χ0) is 12.1. The van der Waals surface area contributed by atoms with Crippen LogP contribution in [0, 0.1) is 5.92 Å². The second kappa shape index (κ2) is 5.97. The summed E-state index contributed by atoms with van der Waals surface area (Å²) in [7, 11) is 1.37. The first kappa shape index (κ1) is 12.3. The van der Waals surface area contributed by atoms with Crippen molar-refractivity contribution >= 4 is 22.4 Å². The van der Waals surface area contributed by atoms with Gasteiger partial charge in [0, 0.05) is 13.2 Å². The number of esters is 1. The Kier molecular flexibility index (Phi) is 4.33. The molecule has 0 aliphatic carbocycles. The van der Waals surface area contributed by atoms with E-state index in [0.29, 0.717) is 10.8 Å². The molecule has 0 spiro atoms. The monoisotopic (exact) mass is 256 g/mol. The van der Waals surface area contributed by atoms with Crippen LogP contribution in [0.15, 0.2) is 6.20 Å². The van der Waals surface area contributed by atoms with Crippen molar-refractivity contribution in [2.45, 2.75) is 12.8 Å². The van der Waals surface area contributed by atoms with Gasteiger partial charge in [-0.25, -0.2) is 9.78 Å². The summed E-state index contributed by atoms with van der Waals surface area (Å²) in [6, 6.07) is 0. The number of aromatic nitrogens is 1. The van der Waals surface area contributed by atoms with Gasteiger partial charge in [-0.2, -0.15) is 0 Å². The molecule has 1 aliphatic rings. The fourth-order valence-corrected chi connectivity index (χ4v) is 2.49.